The molecule has 17 heavy (non-hydrogen) atoms. The Bertz CT molecular complexity index is 377. The van der Waals surface area contributed by atoms with Gasteiger partial charge in [0.15, 0.2) is 0 Å². The fourth-order valence-electron chi connectivity index (χ4n) is 2.34. The van der Waals surface area contributed by atoms with Crippen molar-refractivity contribution in [2.24, 2.45) is 0 Å². The molecule has 1 aromatic rings. The predicted molar refractivity (Wildman–Crippen MR) is 66.7 cm³/mol. The lowest BCUT2D eigenvalue weighted by Gasteiger charge is -2.14. The van der Waals surface area contributed by atoms with Crippen LogP contribution in [0.3, 0.4) is 0 Å². The molecule has 3 nitrogen and oxygen atoms in total. The van der Waals surface area contributed by atoms with Crippen molar-refractivity contribution < 1.29 is 9.53 Å². The van der Waals surface area contributed by atoms with Crippen LogP contribution in [0.15, 0.2) is 30.3 Å². The van der Waals surface area contributed by atoms with Crippen LogP contribution in [0, 0.1) is 0 Å². The number of hydrogen-bond acceptors (Lipinski definition) is 3. The van der Waals surface area contributed by atoms with Gasteiger partial charge >= 0.3 is 0 Å². The van der Waals surface area contributed by atoms with Crippen molar-refractivity contribution in [1.82, 2.24) is 4.90 Å². The normalized spacial score (nSPS) is 25.1. The lowest BCUT2D eigenvalue weighted by atomic mass is 10.1. The van der Waals surface area contributed by atoms with Crippen molar-refractivity contribution in [1.29, 1.82) is 0 Å². The van der Waals surface area contributed by atoms with Crippen molar-refractivity contribution >= 4 is 5.78 Å². The Morgan fingerprint density at radius 2 is 2.12 bits per heavy atom. The van der Waals surface area contributed by atoms with Crippen LogP contribution >= 0.6 is 0 Å². The fraction of sp³-hybridized carbons (Fsp3) is 0.500. The number of likely N-dealkylation sites (N-methyl/N-ethyl adjacent to an activating group) is 1. The Labute approximate surface area is 102 Å². The predicted octanol–water partition coefficient (Wildman–Crippen LogP) is 1.86. The van der Waals surface area contributed by atoms with Gasteiger partial charge in [0.25, 0.3) is 0 Å². The van der Waals surface area contributed by atoms with Crippen LogP contribution in [0.1, 0.15) is 18.9 Å². The first-order valence-electron chi connectivity index (χ1n) is 6.03. The average Bonchev–Trinajstić information content (AvgIpc) is 2.69. The zero-order valence-electron chi connectivity index (χ0n) is 10.4. The van der Waals surface area contributed by atoms with E-state index in [1.165, 1.54) is 5.56 Å². The van der Waals surface area contributed by atoms with Crippen molar-refractivity contribution in [3.63, 3.8) is 0 Å². The Morgan fingerprint density at radius 1 is 1.41 bits per heavy atom. The maximum Gasteiger partial charge on any atom is 0.146 e. The zero-order valence-corrected chi connectivity index (χ0v) is 10.4. The minimum Gasteiger partial charge on any atom is -0.372 e. The maximum atomic E-state index is 11.4. The van der Waals surface area contributed by atoms with Gasteiger partial charge in [-0.2, -0.15) is 0 Å². The molecule has 2 unspecified atom stereocenters. The van der Waals surface area contributed by atoms with E-state index in [4.69, 9.17) is 4.74 Å². The monoisotopic (exact) mass is 233 g/mol. The van der Waals surface area contributed by atoms with Crippen molar-refractivity contribution in [2.75, 3.05) is 13.6 Å². The van der Waals surface area contributed by atoms with E-state index in [1.54, 1.807) is 6.92 Å². The summed E-state index contributed by atoms with van der Waals surface area (Å²) in [5, 5.41) is 0. The molecule has 1 aliphatic rings. The molecule has 92 valence electrons. The molecule has 1 aromatic carbocycles. The average molecular weight is 233 g/mol. The Kier molecular flexibility index (Phi) is 3.92. The van der Waals surface area contributed by atoms with Crippen LogP contribution in [0.25, 0.3) is 0 Å². The minimum absolute atomic E-state index is 0.0378. The van der Waals surface area contributed by atoms with Gasteiger partial charge in [0, 0.05) is 6.54 Å². The summed E-state index contributed by atoms with van der Waals surface area (Å²) in [6, 6.07) is 10.2. The fourth-order valence-corrected chi connectivity index (χ4v) is 2.34. The topological polar surface area (TPSA) is 29.5 Å². The molecule has 0 radical (unpaired) electrons. The smallest absolute Gasteiger partial charge is 0.146 e. The number of rotatable bonds is 4. The van der Waals surface area contributed by atoms with E-state index in [-0.39, 0.29) is 17.9 Å². The third-order valence-corrected chi connectivity index (χ3v) is 3.31. The van der Waals surface area contributed by atoms with Gasteiger partial charge in [-0.15, -0.1) is 0 Å². The van der Waals surface area contributed by atoms with Gasteiger partial charge < -0.3 is 4.74 Å². The third-order valence-electron chi connectivity index (χ3n) is 3.31. The molecule has 1 heterocycles. The molecule has 2 atom stereocenters. The minimum atomic E-state index is 0.0378. The van der Waals surface area contributed by atoms with E-state index in [0.29, 0.717) is 6.61 Å². The lowest BCUT2D eigenvalue weighted by molar-refractivity contribution is -0.120. The molecule has 0 aromatic heterocycles. The molecular weight excluding hydrogens is 214 g/mol. The Balaban J connectivity index is 1.84. The van der Waals surface area contributed by atoms with Crippen LogP contribution < -0.4 is 0 Å². The second kappa shape index (κ2) is 5.43. The van der Waals surface area contributed by atoms with Gasteiger partial charge in [0.2, 0.25) is 0 Å². The number of carbonyl (C=O) groups is 1. The van der Waals surface area contributed by atoms with Crippen LogP contribution in [-0.4, -0.2) is 36.4 Å². The summed E-state index contributed by atoms with van der Waals surface area (Å²) in [6.07, 6.45) is 0.993. The van der Waals surface area contributed by atoms with Gasteiger partial charge in [-0.1, -0.05) is 30.3 Å². The molecular formula is C14H19NO2. The first-order valence-corrected chi connectivity index (χ1v) is 6.03. The molecule has 0 amide bonds. The van der Waals surface area contributed by atoms with E-state index in [0.717, 1.165) is 13.0 Å². The van der Waals surface area contributed by atoms with Gasteiger partial charge in [0.05, 0.1) is 18.8 Å². The van der Waals surface area contributed by atoms with E-state index in [9.17, 15) is 4.79 Å². The summed E-state index contributed by atoms with van der Waals surface area (Å²) in [5.74, 6) is 0.235. The van der Waals surface area contributed by atoms with E-state index >= 15 is 0 Å². The highest BCUT2D eigenvalue weighted by molar-refractivity contribution is 5.81. The van der Waals surface area contributed by atoms with E-state index < -0.39 is 0 Å². The van der Waals surface area contributed by atoms with Crippen molar-refractivity contribution in [3.8, 4) is 0 Å². The summed E-state index contributed by atoms with van der Waals surface area (Å²) >= 11 is 0. The third kappa shape index (κ3) is 3.14. The number of nitrogens with zero attached hydrogens (tertiary/aromatic N) is 1. The van der Waals surface area contributed by atoms with Crippen LogP contribution in [0.4, 0.5) is 0 Å². The molecule has 0 bridgehead atoms. The molecule has 1 saturated heterocycles. The number of ketones is 1. The second-order valence-corrected chi connectivity index (χ2v) is 4.72. The molecule has 2 rings (SSSR count). The summed E-state index contributed by atoms with van der Waals surface area (Å²) in [5.41, 5.74) is 1.18. The standard InChI is InChI=1S/C14H19NO2/c1-11(16)14-8-13(9-15(14)2)17-10-12-6-4-3-5-7-12/h3-7,13-14H,8-10H2,1-2H3. The first kappa shape index (κ1) is 12.3. The largest absolute Gasteiger partial charge is 0.372 e. The van der Waals surface area contributed by atoms with Gasteiger partial charge in [-0.3, -0.25) is 9.69 Å². The number of likely N-dealkylation sites (tertiary alicyclic amines) is 1. The van der Waals surface area contributed by atoms with Gasteiger partial charge in [-0.05, 0) is 26.0 Å². The Morgan fingerprint density at radius 3 is 2.71 bits per heavy atom. The highest BCUT2D eigenvalue weighted by atomic mass is 16.5. The van der Waals surface area contributed by atoms with Crippen LogP contribution in [-0.2, 0) is 16.1 Å². The van der Waals surface area contributed by atoms with Crippen LogP contribution in [0.2, 0.25) is 0 Å². The molecule has 1 aliphatic heterocycles. The molecule has 0 saturated carbocycles. The maximum absolute atomic E-state index is 11.4. The summed E-state index contributed by atoms with van der Waals surface area (Å²) in [7, 11) is 1.98. The van der Waals surface area contributed by atoms with Gasteiger partial charge in [0.1, 0.15) is 5.78 Å². The summed E-state index contributed by atoms with van der Waals surface area (Å²) in [6.45, 7) is 3.13. The van der Waals surface area contributed by atoms with E-state index in [1.807, 2.05) is 25.2 Å². The number of hydrogen-bond donors (Lipinski definition) is 0. The highest BCUT2D eigenvalue weighted by Gasteiger charge is 2.32. The van der Waals surface area contributed by atoms with Gasteiger partial charge in [-0.25, -0.2) is 0 Å². The molecule has 0 spiro atoms. The Hall–Kier alpha value is -1.19. The SMILES string of the molecule is CC(=O)C1CC(OCc2ccccc2)CN1C. The highest BCUT2D eigenvalue weighted by Crippen LogP contribution is 2.20. The number of benzene rings is 1. The quantitative estimate of drug-likeness (QED) is 0.795. The molecule has 0 aliphatic carbocycles. The van der Waals surface area contributed by atoms with Crippen molar-refractivity contribution in [2.45, 2.75) is 32.1 Å². The number of ether oxygens (including phenoxy) is 1. The summed E-state index contributed by atoms with van der Waals surface area (Å²) < 4.78 is 5.85. The first-order chi connectivity index (χ1) is 8.16. The van der Waals surface area contributed by atoms with Crippen LogP contribution in [0.5, 0.6) is 0 Å². The zero-order chi connectivity index (χ0) is 12.3. The second-order valence-electron chi connectivity index (χ2n) is 4.72. The molecule has 0 N–H and O–H groups in total. The number of carbonyl (C=O) groups excluding carboxylic acids is 1. The van der Waals surface area contributed by atoms with Crippen molar-refractivity contribution in [3.05, 3.63) is 35.9 Å². The molecule has 3 heteroatoms. The lowest BCUT2D eigenvalue weighted by Crippen LogP contribution is -2.30. The van der Waals surface area contributed by atoms with E-state index in [2.05, 4.69) is 17.0 Å². The number of Topliss-reactive ketones (excluding diaryl/α,β-unsaturated/α-hetero) is 1. The molecule has 1 fully saturated rings. The summed E-state index contributed by atoms with van der Waals surface area (Å²) in [4.78, 5) is 13.5.